The van der Waals surface area contributed by atoms with Gasteiger partial charge in [0.1, 0.15) is 23.5 Å². The van der Waals surface area contributed by atoms with Gasteiger partial charge in [-0.3, -0.25) is 0 Å². The lowest BCUT2D eigenvalue weighted by Crippen LogP contribution is -2.04. The number of oxime groups is 1. The van der Waals surface area contributed by atoms with Crippen molar-refractivity contribution in [3.05, 3.63) is 68.6 Å². The summed E-state index contributed by atoms with van der Waals surface area (Å²) in [5.74, 6) is 1.43. The van der Waals surface area contributed by atoms with E-state index < -0.39 is 0 Å². The molecule has 0 amide bonds. The third-order valence-corrected chi connectivity index (χ3v) is 4.94. The van der Waals surface area contributed by atoms with E-state index in [0.717, 1.165) is 24.8 Å². The van der Waals surface area contributed by atoms with E-state index >= 15 is 0 Å². The van der Waals surface area contributed by atoms with Crippen molar-refractivity contribution in [3.8, 4) is 11.5 Å². The van der Waals surface area contributed by atoms with Gasteiger partial charge in [0.25, 0.3) is 0 Å². The molecule has 0 atom stereocenters. The van der Waals surface area contributed by atoms with Crippen molar-refractivity contribution in [1.82, 2.24) is 0 Å². The van der Waals surface area contributed by atoms with Crippen LogP contribution in [-0.4, -0.2) is 25.7 Å². The van der Waals surface area contributed by atoms with Crippen molar-refractivity contribution in [2.45, 2.75) is 32.8 Å². The fourth-order valence-electron chi connectivity index (χ4n) is 2.53. The van der Waals surface area contributed by atoms with Gasteiger partial charge in [0, 0.05) is 19.1 Å². The number of benzene rings is 2. The monoisotopic (exact) mass is 519 g/mol. The Labute approximate surface area is 208 Å². The van der Waals surface area contributed by atoms with E-state index in [1.807, 2.05) is 30.3 Å². The van der Waals surface area contributed by atoms with Crippen LogP contribution in [0.4, 0.5) is 0 Å². The number of hydrogen-bond donors (Lipinski definition) is 0. The number of unbranched alkanes of at least 4 members (excludes halogenated alkanes) is 2. The Hall–Kier alpha value is -1.79. The standard InChI is InChI=1S/C23H25Cl4NO4/c1-17(28-32-16-18-8-4-2-5-9-18)29-11-6-3-7-12-31-23-20(24)14-19(15-21(23)25)30-13-10-22(26)27/h2,4-5,8-10,14-15H,3,6-7,11-13,16H2,1H3. The van der Waals surface area contributed by atoms with Crippen LogP contribution in [0.5, 0.6) is 11.5 Å². The smallest absolute Gasteiger partial charge is 0.222 e. The minimum Gasteiger partial charge on any atom is -0.490 e. The summed E-state index contributed by atoms with van der Waals surface area (Å²) < 4.78 is 16.9. The molecule has 0 aliphatic heterocycles. The molecule has 5 nitrogen and oxygen atoms in total. The largest absolute Gasteiger partial charge is 0.490 e. The van der Waals surface area contributed by atoms with Gasteiger partial charge in [-0.1, -0.05) is 81.9 Å². The molecule has 0 saturated heterocycles. The molecule has 0 spiro atoms. The number of nitrogens with zero attached hydrogens (tertiary/aromatic N) is 1. The van der Waals surface area contributed by atoms with Gasteiger partial charge in [-0.05, 0) is 30.9 Å². The molecule has 0 aliphatic carbocycles. The summed E-state index contributed by atoms with van der Waals surface area (Å²) >= 11 is 23.6. The molecule has 0 unspecified atom stereocenters. The van der Waals surface area contributed by atoms with Crippen LogP contribution in [0.25, 0.3) is 0 Å². The summed E-state index contributed by atoms with van der Waals surface area (Å²) in [6, 6.07) is 13.1. The van der Waals surface area contributed by atoms with Crippen LogP contribution in [0, 0.1) is 0 Å². The highest BCUT2D eigenvalue weighted by Gasteiger charge is 2.10. The topological polar surface area (TPSA) is 49.3 Å². The minimum atomic E-state index is 0.131. The van der Waals surface area contributed by atoms with E-state index in [-0.39, 0.29) is 11.1 Å². The molecule has 32 heavy (non-hydrogen) atoms. The molecule has 9 heteroatoms. The second-order valence-electron chi connectivity index (χ2n) is 6.65. The summed E-state index contributed by atoms with van der Waals surface area (Å²) in [5.41, 5.74) is 1.06. The maximum Gasteiger partial charge on any atom is 0.222 e. The molecular weight excluding hydrogens is 496 g/mol. The molecule has 2 aromatic rings. The van der Waals surface area contributed by atoms with Gasteiger partial charge in [0.2, 0.25) is 5.90 Å². The first-order valence-corrected chi connectivity index (χ1v) is 11.6. The molecule has 0 aromatic heterocycles. The fourth-order valence-corrected chi connectivity index (χ4v) is 3.23. The van der Waals surface area contributed by atoms with Gasteiger partial charge in [-0.2, -0.15) is 0 Å². The van der Waals surface area contributed by atoms with Crippen molar-refractivity contribution in [2.24, 2.45) is 5.16 Å². The predicted molar refractivity (Wildman–Crippen MR) is 131 cm³/mol. The van der Waals surface area contributed by atoms with Crippen LogP contribution in [-0.2, 0) is 16.2 Å². The van der Waals surface area contributed by atoms with Crippen molar-refractivity contribution in [3.63, 3.8) is 0 Å². The predicted octanol–water partition coefficient (Wildman–Crippen LogP) is 7.81. The van der Waals surface area contributed by atoms with Crippen LogP contribution in [0.1, 0.15) is 31.7 Å². The molecule has 174 valence electrons. The normalized spacial score (nSPS) is 11.1. The highest BCUT2D eigenvalue weighted by atomic mass is 35.5. The quantitative estimate of drug-likeness (QED) is 0.117. The Kier molecular flexibility index (Phi) is 12.5. The van der Waals surface area contributed by atoms with Gasteiger partial charge in [-0.25, -0.2) is 0 Å². The van der Waals surface area contributed by atoms with E-state index in [2.05, 4.69) is 5.16 Å². The van der Waals surface area contributed by atoms with E-state index in [1.54, 1.807) is 19.1 Å². The Morgan fingerprint density at radius 2 is 1.62 bits per heavy atom. The average molecular weight is 521 g/mol. The number of halogens is 4. The summed E-state index contributed by atoms with van der Waals surface area (Å²) in [4.78, 5) is 5.28. The maximum absolute atomic E-state index is 6.25. The third kappa shape index (κ3) is 10.7. The fraction of sp³-hybridized carbons (Fsp3) is 0.348. The first kappa shape index (κ1) is 26.5. The minimum absolute atomic E-state index is 0.131. The van der Waals surface area contributed by atoms with Gasteiger partial charge < -0.3 is 19.0 Å². The van der Waals surface area contributed by atoms with Crippen molar-refractivity contribution in [1.29, 1.82) is 0 Å². The van der Waals surface area contributed by atoms with Crippen molar-refractivity contribution >= 4 is 52.3 Å². The van der Waals surface area contributed by atoms with Crippen LogP contribution in [0.15, 0.2) is 58.2 Å². The molecule has 2 aromatic carbocycles. The summed E-state index contributed by atoms with van der Waals surface area (Å²) in [6.45, 7) is 3.43. The molecule has 2 rings (SSSR count). The molecule has 0 saturated carbocycles. The average Bonchev–Trinajstić information content (AvgIpc) is 2.75. The summed E-state index contributed by atoms with van der Waals surface area (Å²) in [6.07, 6.45) is 4.12. The first-order valence-electron chi connectivity index (χ1n) is 10.0. The van der Waals surface area contributed by atoms with Crippen LogP contribution < -0.4 is 9.47 Å². The zero-order valence-corrected chi connectivity index (χ0v) is 20.7. The highest BCUT2D eigenvalue weighted by Crippen LogP contribution is 2.37. The maximum atomic E-state index is 6.25. The Morgan fingerprint density at radius 1 is 0.938 bits per heavy atom. The summed E-state index contributed by atoms with van der Waals surface area (Å²) in [7, 11) is 0. The molecule has 0 bridgehead atoms. The number of hydrogen-bond acceptors (Lipinski definition) is 5. The molecular formula is C23H25Cl4NO4. The highest BCUT2D eigenvalue weighted by molar-refractivity contribution is 6.55. The Bertz CT molecular complexity index is 864. The van der Waals surface area contributed by atoms with Crippen LogP contribution >= 0.6 is 46.4 Å². The molecule has 0 N–H and O–H groups in total. The SMILES string of the molecule is CC(=NOCc1ccccc1)OCCCCCOc1c(Cl)cc(OCC=C(Cl)Cl)cc1Cl. The lowest BCUT2D eigenvalue weighted by atomic mass is 10.2. The second-order valence-corrected chi connectivity index (χ2v) is 8.47. The van der Waals surface area contributed by atoms with Crippen molar-refractivity contribution in [2.75, 3.05) is 19.8 Å². The van der Waals surface area contributed by atoms with E-state index in [9.17, 15) is 0 Å². The molecule has 0 radical (unpaired) electrons. The number of ether oxygens (including phenoxy) is 3. The first-order chi connectivity index (χ1) is 15.5. The molecule has 0 aliphatic rings. The molecule has 0 fully saturated rings. The zero-order chi connectivity index (χ0) is 23.2. The van der Waals surface area contributed by atoms with Crippen molar-refractivity contribution < 1.29 is 19.0 Å². The van der Waals surface area contributed by atoms with Gasteiger partial charge in [0.15, 0.2) is 5.75 Å². The van der Waals surface area contributed by atoms with Gasteiger partial charge in [-0.15, -0.1) is 0 Å². The van der Waals surface area contributed by atoms with E-state index in [0.29, 0.717) is 47.3 Å². The Balaban J connectivity index is 1.60. The Morgan fingerprint density at radius 3 is 2.31 bits per heavy atom. The van der Waals surface area contributed by atoms with E-state index in [4.69, 9.17) is 65.5 Å². The summed E-state index contributed by atoms with van der Waals surface area (Å²) in [5, 5.41) is 4.71. The van der Waals surface area contributed by atoms with E-state index in [1.165, 1.54) is 6.08 Å². The number of rotatable bonds is 13. The van der Waals surface area contributed by atoms with Crippen LogP contribution in [0.2, 0.25) is 10.0 Å². The zero-order valence-electron chi connectivity index (χ0n) is 17.7. The van der Waals surface area contributed by atoms with Gasteiger partial charge >= 0.3 is 0 Å². The second kappa shape index (κ2) is 15.1. The van der Waals surface area contributed by atoms with Crippen LogP contribution in [0.3, 0.4) is 0 Å². The third-order valence-electron chi connectivity index (χ3n) is 4.07. The molecule has 0 heterocycles. The lowest BCUT2D eigenvalue weighted by molar-refractivity contribution is 0.118. The lowest BCUT2D eigenvalue weighted by Gasteiger charge is -2.12. The van der Waals surface area contributed by atoms with Gasteiger partial charge in [0.05, 0.1) is 23.3 Å².